The Balaban J connectivity index is 2.69. The molecule has 4 nitrogen and oxygen atoms in total. The molecule has 0 fully saturated rings. The first kappa shape index (κ1) is 14.7. The lowest BCUT2D eigenvalue weighted by Gasteiger charge is -2.15. The molecule has 0 radical (unpaired) electrons. The molecule has 0 aliphatic heterocycles. The summed E-state index contributed by atoms with van der Waals surface area (Å²) in [5.41, 5.74) is 5.78. The van der Waals surface area contributed by atoms with Crippen LogP contribution in [-0.2, 0) is 4.79 Å². The highest BCUT2D eigenvalue weighted by atomic mass is 79.9. The number of carbonyl (C=O) groups is 2. The number of benzene rings is 1. The molecule has 1 aromatic carbocycles. The van der Waals surface area contributed by atoms with Gasteiger partial charge in [0.1, 0.15) is 6.04 Å². The van der Waals surface area contributed by atoms with Gasteiger partial charge in [-0.25, -0.2) is 0 Å². The highest BCUT2D eigenvalue weighted by molar-refractivity contribution is 9.10. The minimum absolute atomic E-state index is 0.281. The number of nitrogens with two attached hydrogens (primary N) is 1. The molecule has 3 N–H and O–H groups in total. The van der Waals surface area contributed by atoms with E-state index in [2.05, 4.69) is 21.2 Å². The van der Waals surface area contributed by atoms with Gasteiger partial charge in [0.05, 0.1) is 0 Å². The number of hydrogen-bond acceptors (Lipinski definition) is 2. The summed E-state index contributed by atoms with van der Waals surface area (Å²) in [5, 5.41) is 2.66. The molecule has 0 aromatic heterocycles. The van der Waals surface area contributed by atoms with Crippen LogP contribution >= 0.6 is 15.9 Å². The fourth-order valence-electron chi connectivity index (χ4n) is 1.57. The molecule has 0 saturated heterocycles. The van der Waals surface area contributed by atoms with Gasteiger partial charge < -0.3 is 11.1 Å². The van der Waals surface area contributed by atoms with Crippen molar-refractivity contribution in [2.24, 2.45) is 5.73 Å². The van der Waals surface area contributed by atoms with Gasteiger partial charge in [0.25, 0.3) is 5.91 Å². The van der Waals surface area contributed by atoms with Gasteiger partial charge in [-0.2, -0.15) is 0 Å². The lowest BCUT2D eigenvalue weighted by atomic mass is 10.1. The van der Waals surface area contributed by atoms with Crippen LogP contribution < -0.4 is 11.1 Å². The lowest BCUT2D eigenvalue weighted by molar-refractivity contribution is -0.120. The fourth-order valence-corrected chi connectivity index (χ4v) is 1.96. The number of unbranched alkanes of at least 4 members (excludes halogenated alkanes) is 1. The average Bonchev–Trinajstić information content (AvgIpc) is 2.33. The summed E-state index contributed by atoms with van der Waals surface area (Å²) >= 11 is 3.30. The third kappa shape index (κ3) is 4.49. The Bertz CT molecular complexity index is 435. The summed E-state index contributed by atoms with van der Waals surface area (Å²) < 4.78 is 0.819. The molecule has 0 heterocycles. The summed E-state index contributed by atoms with van der Waals surface area (Å²) in [4.78, 5) is 23.2. The number of primary amides is 1. The van der Waals surface area contributed by atoms with Gasteiger partial charge in [-0.3, -0.25) is 9.59 Å². The SMILES string of the molecule is CCCC[C@H](NC(=O)c1cccc(Br)c1)C(N)=O. The first-order chi connectivity index (χ1) is 8.54. The zero-order valence-electron chi connectivity index (χ0n) is 10.3. The summed E-state index contributed by atoms with van der Waals surface area (Å²) in [6.07, 6.45) is 2.38. The van der Waals surface area contributed by atoms with Gasteiger partial charge in [0.2, 0.25) is 5.91 Å². The van der Waals surface area contributed by atoms with Gasteiger partial charge in [0.15, 0.2) is 0 Å². The number of hydrogen-bond donors (Lipinski definition) is 2. The molecular weight excluding hydrogens is 296 g/mol. The Kier molecular flexibility index (Phi) is 5.85. The van der Waals surface area contributed by atoms with E-state index in [0.29, 0.717) is 12.0 Å². The van der Waals surface area contributed by atoms with E-state index in [9.17, 15) is 9.59 Å². The molecule has 0 aliphatic carbocycles. The predicted molar refractivity (Wildman–Crippen MR) is 74.1 cm³/mol. The molecule has 1 aromatic rings. The van der Waals surface area contributed by atoms with Crippen LogP contribution in [0.15, 0.2) is 28.7 Å². The van der Waals surface area contributed by atoms with Crippen molar-refractivity contribution < 1.29 is 9.59 Å². The zero-order valence-corrected chi connectivity index (χ0v) is 11.9. The van der Waals surface area contributed by atoms with Crippen molar-refractivity contribution in [3.8, 4) is 0 Å². The van der Waals surface area contributed by atoms with Crippen LogP contribution in [0.1, 0.15) is 36.5 Å². The quantitative estimate of drug-likeness (QED) is 0.845. The Morgan fingerprint density at radius 1 is 1.44 bits per heavy atom. The molecule has 1 atom stereocenters. The molecule has 2 amide bonds. The number of amides is 2. The first-order valence-electron chi connectivity index (χ1n) is 5.90. The van der Waals surface area contributed by atoms with E-state index in [1.54, 1.807) is 18.2 Å². The summed E-state index contributed by atoms with van der Waals surface area (Å²) in [7, 11) is 0. The molecule has 1 rings (SSSR count). The van der Waals surface area contributed by atoms with Crippen LogP contribution in [0.5, 0.6) is 0 Å². The monoisotopic (exact) mass is 312 g/mol. The molecule has 98 valence electrons. The van der Waals surface area contributed by atoms with Gasteiger partial charge >= 0.3 is 0 Å². The molecule has 18 heavy (non-hydrogen) atoms. The normalized spacial score (nSPS) is 11.9. The topological polar surface area (TPSA) is 72.2 Å². The van der Waals surface area contributed by atoms with Gasteiger partial charge in [0, 0.05) is 10.0 Å². The maximum atomic E-state index is 11.9. The van der Waals surface area contributed by atoms with Crippen molar-refractivity contribution in [3.63, 3.8) is 0 Å². The standard InChI is InChI=1S/C13H17BrN2O2/c1-2-3-7-11(12(15)17)16-13(18)9-5-4-6-10(14)8-9/h4-6,8,11H,2-3,7H2,1H3,(H2,15,17)(H,16,18)/t11-/m0/s1. The molecular formula is C13H17BrN2O2. The van der Waals surface area contributed by atoms with Crippen LogP contribution in [0, 0.1) is 0 Å². The number of carbonyl (C=O) groups excluding carboxylic acids is 2. The van der Waals surface area contributed by atoms with Gasteiger partial charge in [-0.1, -0.05) is 41.8 Å². The van der Waals surface area contributed by atoms with Crippen molar-refractivity contribution in [1.29, 1.82) is 0 Å². The number of rotatable bonds is 6. The minimum Gasteiger partial charge on any atom is -0.368 e. The highest BCUT2D eigenvalue weighted by Crippen LogP contribution is 2.12. The molecule has 5 heteroatoms. The second-order valence-corrected chi connectivity index (χ2v) is 5.00. The number of nitrogens with one attached hydrogen (secondary N) is 1. The largest absolute Gasteiger partial charge is 0.368 e. The molecule has 0 saturated carbocycles. The summed E-state index contributed by atoms with van der Waals surface area (Å²) in [6, 6.07) is 6.39. The highest BCUT2D eigenvalue weighted by Gasteiger charge is 2.18. The molecule has 0 aliphatic rings. The first-order valence-corrected chi connectivity index (χ1v) is 6.69. The van der Waals surface area contributed by atoms with Gasteiger partial charge in [-0.15, -0.1) is 0 Å². The maximum absolute atomic E-state index is 11.9. The van der Waals surface area contributed by atoms with E-state index in [0.717, 1.165) is 17.3 Å². The van der Waals surface area contributed by atoms with Crippen molar-refractivity contribution in [2.75, 3.05) is 0 Å². The average molecular weight is 313 g/mol. The van der Waals surface area contributed by atoms with Crippen LogP contribution in [0.25, 0.3) is 0 Å². The molecule has 0 bridgehead atoms. The third-order valence-electron chi connectivity index (χ3n) is 2.58. The molecule has 0 unspecified atom stereocenters. The Morgan fingerprint density at radius 3 is 2.72 bits per heavy atom. The zero-order chi connectivity index (χ0) is 13.5. The van der Waals surface area contributed by atoms with Crippen LogP contribution in [-0.4, -0.2) is 17.9 Å². The predicted octanol–water partition coefficient (Wildman–Crippen LogP) is 2.22. The lowest BCUT2D eigenvalue weighted by Crippen LogP contribution is -2.44. The summed E-state index contributed by atoms with van der Waals surface area (Å²) in [5.74, 6) is -0.775. The van der Waals surface area contributed by atoms with Crippen molar-refractivity contribution in [2.45, 2.75) is 32.2 Å². The Labute approximate surface area is 115 Å². The second-order valence-electron chi connectivity index (χ2n) is 4.08. The number of halogens is 1. The van der Waals surface area contributed by atoms with Crippen LogP contribution in [0.2, 0.25) is 0 Å². The second kappa shape index (κ2) is 7.16. The smallest absolute Gasteiger partial charge is 0.251 e. The van der Waals surface area contributed by atoms with E-state index in [1.807, 2.05) is 13.0 Å². The third-order valence-corrected chi connectivity index (χ3v) is 3.08. The van der Waals surface area contributed by atoms with Crippen molar-refractivity contribution in [1.82, 2.24) is 5.32 Å². The van der Waals surface area contributed by atoms with Crippen molar-refractivity contribution >= 4 is 27.7 Å². The van der Waals surface area contributed by atoms with Crippen LogP contribution in [0.4, 0.5) is 0 Å². The van der Waals surface area contributed by atoms with E-state index in [-0.39, 0.29) is 5.91 Å². The fraction of sp³-hybridized carbons (Fsp3) is 0.385. The maximum Gasteiger partial charge on any atom is 0.251 e. The Hall–Kier alpha value is -1.36. The van der Waals surface area contributed by atoms with E-state index < -0.39 is 11.9 Å². The van der Waals surface area contributed by atoms with Crippen molar-refractivity contribution in [3.05, 3.63) is 34.3 Å². The molecule has 0 spiro atoms. The van der Waals surface area contributed by atoms with Gasteiger partial charge in [-0.05, 0) is 24.6 Å². The van der Waals surface area contributed by atoms with E-state index in [4.69, 9.17) is 5.73 Å². The summed E-state index contributed by atoms with van der Waals surface area (Å²) in [6.45, 7) is 2.02. The van der Waals surface area contributed by atoms with E-state index in [1.165, 1.54) is 0 Å². The van der Waals surface area contributed by atoms with Crippen LogP contribution in [0.3, 0.4) is 0 Å². The Morgan fingerprint density at radius 2 is 2.17 bits per heavy atom. The van der Waals surface area contributed by atoms with E-state index >= 15 is 0 Å². The minimum atomic E-state index is -0.601.